The SMILES string of the molecule is CCCCCCCCC(CC(=O)O)CC(CCCCCCCC)C(=O)O. The van der Waals surface area contributed by atoms with E-state index in [-0.39, 0.29) is 18.3 Å². The predicted octanol–water partition coefficient (Wildman–Crippen LogP) is 6.67. The average Bonchev–Trinajstić information content (AvgIpc) is 2.58. The molecule has 4 nitrogen and oxygen atoms in total. The Kier molecular flexibility index (Phi) is 16.7. The van der Waals surface area contributed by atoms with Gasteiger partial charge in [-0.25, -0.2) is 0 Å². The van der Waals surface area contributed by atoms with E-state index in [0.29, 0.717) is 12.8 Å². The first kappa shape index (κ1) is 24.9. The number of rotatable bonds is 19. The zero-order valence-electron chi connectivity index (χ0n) is 17.2. The van der Waals surface area contributed by atoms with E-state index in [1.54, 1.807) is 0 Å². The van der Waals surface area contributed by atoms with Crippen molar-refractivity contribution in [1.82, 2.24) is 0 Å². The molecule has 0 aliphatic heterocycles. The monoisotopic (exact) mass is 370 g/mol. The highest BCUT2D eigenvalue weighted by atomic mass is 16.4. The molecule has 0 radical (unpaired) electrons. The summed E-state index contributed by atoms with van der Waals surface area (Å²) in [5, 5.41) is 18.7. The van der Waals surface area contributed by atoms with E-state index in [1.807, 2.05) is 0 Å². The molecule has 0 bridgehead atoms. The summed E-state index contributed by atoms with van der Waals surface area (Å²) in [6, 6.07) is 0. The van der Waals surface area contributed by atoms with Crippen LogP contribution in [-0.2, 0) is 9.59 Å². The topological polar surface area (TPSA) is 74.6 Å². The normalized spacial score (nSPS) is 13.5. The minimum absolute atomic E-state index is 0.000124. The zero-order valence-corrected chi connectivity index (χ0v) is 17.2. The van der Waals surface area contributed by atoms with Gasteiger partial charge in [-0.2, -0.15) is 0 Å². The molecule has 4 heteroatoms. The molecule has 2 N–H and O–H groups in total. The van der Waals surface area contributed by atoms with E-state index in [2.05, 4.69) is 13.8 Å². The maximum atomic E-state index is 11.6. The molecule has 0 rings (SSSR count). The van der Waals surface area contributed by atoms with Crippen molar-refractivity contribution in [3.63, 3.8) is 0 Å². The fourth-order valence-electron chi connectivity index (χ4n) is 3.68. The Morgan fingerprint density at radius 2 is 1.15 bits per heavy atom. The van der Waals surface area contributed by atoms with E-state index >= 15 is 0 Å². The lowest BCUT2D eigenvalue weighted by molar-refractivity contribution is -0.144. The lowest BCUT2D eigenvalue weighted by atomic mass is 9.85. The van der Waals surface area contributed by atoms with Crippen LogP contribution in [0.3, 0.4) is 0 Å². The van der Waals surface area contributed by atoms with Crippen molar-refractivity contribution in [2.75, 3.05) is 0 Å². The number of unbranched alkanes of at least 4 members (excludes halogenated alkanes) is 10. The van der Waals surface area contributed by atoms with Gasteiger partial charge in [0, 0.05) is 6.42 Å². The van der Waals surface area contributed by atoms with Crippen molar-refractivity contribution in [3.05, 3.63) is 0 Å². The number of carboxylic acid groups (broad SMARTS) is 2. The summed E-state index contributed by atoms with van der Waals surface area (Å²) in [4.78, 5) is 22.7. The average molecular weight is 371 g/mol. The molecule has 0 saturated carbocycles. The van der Waals surface area contributed by atoms with Crippen molar-refractivity contribution in [1.29, 1.82) is 0 Å². The second kappa shape index (κ2) is 17.4. The van der Waals surface area contributed by atoms with Gasteiger partial charge in [-0.1, -0.05) is 90.9 Å². The molecule has 0 spiro atoms. The van der Waals surface area contributed by atoms with Gasteiger partial charge in [0.05, 0.1) is 5.92 Å². The molecule has 0 amide bonds. The molecule has 0 heterocycles. The number of carbonyl (C=O) groups is 2. The zero-order chi connectivity index (χ0) is 19.6. The lowest BCUT2D eigenvalue weighted by Crippen LogP contribution is -2.20. The number of aliphatic carboxylic acids is 2. The molecular weight excluding hydrogens is 328 g/mol. The van der Waals surface area contributed by atoms with E-state index in [4.69, 9.17) is 5.11 Å². The van der Waals surface area contributed by atoms with E-state index in [9.17, 15) is 14.7 Å². The minimum atomic E-state index is -0.801. The van der Waals surface area contributed by atoms with Crippen LogP contribution in [0.2, 0.25) is 0 Å². The molecule has 0 aliphatic rings. The van der Waals surface area contributed by atoms with Gasteiger partial charge in [-0.05, 0) is 25.2 Å². The van der Waals surface area contributed by atoms with E-state index < -0.39 is 11.9 Å². The molecule has 0 aromatic carbocycles. The second-order valence-electron chi connectivity index (χ2n) is 7.85. The first-order valence-electron chi connectivity index (χ1n) is 11.0. The Bertz CT molecular complexity index is 354. The van der Waals surface area contributed by atoms with Crippen molar-refractivity contribution in [2.24, 2.45) is 11.8 Å². The van der Waals surface area contributed by atoms with Crippen molar-refractivity contribution < 1.29 is 19.8 Å². The summed E-state index contributed by atoms with van der Waals surface area (Å²) < 4.78 is 0. The van der Waals surface area contributed by atoms with Gasteiger partial charge in [0.25, 0.3) is 0 Å². The van der Waals surface area contributed by atoms with Crippen LogP contribution in [0, 0.1) is 11.8 Å². The Morgan fingerprint density at radius 1 is 0.692 bits per heavy atom. The van der Waals surface area contributed by atoms with E-state index in [1.165, 1.54) is 51.4 Å². The first-order valence-corrected chi connectivity index (χ1v) is 11.0. The van der Waals surface area contributed by atoms with Gasteiger partial charge in [-0.15, -0.1) is 0 Å². The van der Waals surface area contributed by atoms with Gasteiger partial charge in [0.15, 0.2) is 0 Å². The maximum absolute atomic E-state index is 11.6. The largest absolute Gasteiger partial charge is 0.481 e. The Labute approximate surface area is 160 Å². The fraction of sp³-hybridized carbons (Fsp3) is 0.909. The second-order valence-corrected chi connectivity index (χ2v) is 7.85. The third-order valence-corrected chi connectivity index (χ3v) is 5.30. The Balaban J connectivity index is 4.23. The summed E-state index contributed by atoms with van der Waals surface area (Å²) in [6.07, 6.45) is 16.1. The van der Waals surface area contributed by atoms with Crippen LogP contribution in [0.4, 0.5) is 0 Å². The van der Waals surface area contributed by atoms with Gasteiger partial charge >= 0.3 is 11.9 Å². The maximum Gasteiger partial charge on any atom is 0.306 e. The van der Waals surface area contributed by atoms with Crippen LogP contribution in [0.25, 0.3) is 0 Å². The summed E-state index contributed by atoms with van der Waals surface area (Å²) in [5.41, 5.74) is 0. The van der Waals surface area contributed by atoms with Gasteiger partial charge in [0.2, 0.25) is 0 Å². The minimum Gasteiger partial charge on any atom is -0.481 e. The highest BCUT2D eigenvalue weighted by Gasteiger charge is 2.23. The van der Waals surface area contributed by atoms with Crippen LogP contribution in [0.15, 0.2) is 0 Å². The quantitative estimate of drug-likeness (QED) is 0.249. The molecule has 26 heavy (non-hydrogen) atoms. The van der Waals surface area contributed by atoms with Crippen molar-refractivity contribution in [2.45, 2.75) is 117 Å². The summed E-state index contributed by atoms with van der Waals surface area (Å²) in [6.45, 7) is 4.38. The molecule has 0 aliphatic carbocycles. The molecule has 154 valence electrons. The number of hydrogen-bond donors (Lipinski definition) is 2. The van der Waals surface area contributed by atoms with Crippen LogP contribution in [0.5, 0.6) is 0 Å². The third-order valence-electron chi connectivity index (χ3n) is 5.30. The smallest absolute Gasteiger partial charge is 0.306 e. The number of hydrogen-bond acceptors (Lipinski definition) is 2. The van der Waals surface area contributed by atoms with Crippen LogP contribution in [0.1, 0.15) is 117 Å². The lowest BCUT2D eigenvalue weighted by Gasteiger charge is -2.20. The van der Waals surface area contributed by atoms with E-state index in [0.717, 1.165) is 32.1 Å². The molecule has 0 saturated heterocycles. The van der Waals surface area contributed by atoms with Crippen molar-refractivity contribution in [3.8, 4) is 0 Å². The molecule has 0 aromatic heterocycles. The molecule has 0 aromatic rings. The molecular formula is C22H42O4. The van der Waals surface area contributed by atoms with Crippen LogP contribution >= 0.6 is 0 Å². The standard InChI is InChI=1S/C22H42O4/c1-3-5-7-9-11-13-15-19(18-21(23)24)17-20(22(25)26)16-14-12-10-8-6-4-2/h19-20H,3-18H2,1-2H3,(H,23,24)(H,25,26). The molecule has 0 fully saturated rings. The highest BCUT2D eigenvalue weighted by Crippen LogP contribution is 2.26. The summed E-state index contributed by atoms with van der Waals surface area (Å²) in [7, 11) is 0. The molecule has 2 unspecified atom stereocenters. The Hall–Kier alpha value is -1.06. The first-order chi connectivity index (χ1) is 12.5. The van der Waals surface area contributed by atoms with Gasteiger partial charge in [-0.3, -0.25) is 9.59 Å². The predicted molar refractivity (Wildman–Crippen MR) is 107 cm³/mol. The third kappa shape index (κ3) is 15.2. The highest BCUT2D eigenvalue weighted by molar-refractivity contribution is 5.70. The molecule has 2 atom stereocenters. The van der Waals surface area contributed by atoms with Crippen LogP contribution < -0.4 is 0 Å². The van der Waals surface area contributed by atoms with Gasteiger partial charge < -0.3 is 10.2 Å². The van der Waals surface area contributed by atoms with Crippen LogP contribution in [-0.4, -0.2) is 22.2 Å². The Morgan fingerprint density at radius 3 is 1.62 bits per heavy atom. The summed E-state index contributed by atoms with van der Waals surface area (Å²) in [5.74, 6) is -1.94. The summed E-state index contributed by atoms with van der Waals surface area (Å²) >= 11 is 0. The van der Waals surface area contributed by atoms with Gasteiger partial charge in [0.1, 0.15) is 0 Å². The fourth-order valence-corrected chi connectivity index (χ4v) is 3.68. The van der Waals surface area contributed by atoms with Crippen molar-refractivity contribution >= 4 is 11.9 Å². The number of carboxylic acids is 2.